The van der Waals surface area contributed by atoms with Crippen LogP contribution >= 0.6 is 0 Å². The van der Waals surface area contributed by atoms with Crippen LogP contribution in [0.3, 0.4) is 0 Å². The van der Waals surface area contributed by atoms with Gasteiger partial charge in [-0.05, 0) is 83.1 Å². The summed E-state index contributed by atoms with van der Waals surface area (Å²) >= 11 is 0. The molecule has 6 fully saturated rings. The third kappa shape index (κ3) is 15.4. The van der Waals surface area contributed by atoms with Crippen molar-refractivity contribution in [1.29, 1.82) is 0 Å². The van der Waals surface area contributed by atoms with Gasteiger partial charge in [-0.2, -0.15) is 0 Å². The Labute approximate surface area is 281 Å². The second-order valence-corrected chi connectivity index (χ2v) is 11.9. The predicted octanol–water partition coefficient (Wildman–Crippen LogP) is 0.476. The summed E-state index contributed by atoms with van der Waals surface area (Å²) in [6.07, 6.45) is -1.46. The van der Waals surface area contributed by atoms with Crippen molar-refractivity contribution in [3.8, 4) is 0 Å². The number of esters is 2. The first-order valence-corrected chi connectivity index (χ1v) is 16.0. The fourth-order valence-electron chi connectivity index (χ4n) is 4.12. The van der Waals surface area contributed by atoms with Crippen molar-refractivity contribution in [1.82, 2.24) is 31.9 Å². The van der Waals surface area contributed by atoms with Crippen LogP contribution in [0.5, 0.6) is 0 Å². The van der Waals surface area contributed by atoms with Crippen molar-refractivity contribution < 1.29 is 57.2 Å². The van der Waals surface area contributed by atoms with Gasteiger partial charge < -0.3 is 49.7 Å². The van der Waals surface area contributed by atoms with Crippen molar-refractivity contribution in [2.24, 2.45) is 0 Å². The van der Waals surface area contributed by atoms with Crippen LogP contribution in [0.4, 0.5) is 9.59 Å². The second kappa shape index (κ2) is 19.9. The Hall–Kier alpha value is -3.74. The topological polar surface area (TPSA) is 230 Å². The third-order valence-electron chi connectivity index (χ3n) is 7.19. The normalized spacial score (nSPS) is 37.2. The minimum Gasteiger partial charge on any atom is -0.446 e. The quantitative estimate of drug-likeness (QED) is 0.150. The smallest absolute Gasteiger partial charge is 0.407 e. The molecule has 6 saturated heterocycles. The number of carbonyl (C=O) groups excluding carboxylic acids is 6. The minimum atomic E-state index is -0.301. The van der Waals surface area contributed by atoms with Gasteiger partial charge in [0.2, 0.25) is 0 Å². The van der Waals surface area contributed by atoms with E-state index in [9.17, 15) is 28.8 Å². The van der Waals surface area contributed by atoms with E-state index >= 15 is 0 Å². The number of nitrogens with one attached hydrogen (secondary N) is 6. The summed E-state index contributed by atoms with van der Waals surface area (Å²) in [5.74, 6) is -0.343. The molecule has 0 saturated carbocycles. The summed E-state index contributed by atoms with van der Waals surface area (Å²) in [4.78, 5) is 62.8. The van der Waals surface area contributed by atoms with Crippen LogP contribution in [-0.2, 0) is 47.6 Å². The SMILES string of the molecule is CC1NC(=O)C(C)O1.CC1NC(=O)C(C)O1.CC1NC(=O)OC1C.CC1NC(=O)OC1C.CC1NC(C)C(=O)O1.CC1NC(C)C(=O)O1. The van der Waals surface area contributed by atoms with Gasteiger partial charge in [-0.3, -0.25) is 29.8 Å². The zero-order chi connectivity index (χ0) is 36.9. The van der Waals surface area contributed by atoms with Crippen molar-refractivity contribution in [2.45, 2.75) is 157 Å². The van der Waals surface area contributed by atoms with E-state index in [1.54, 1.807) is 55.4 Å². The molecule has 0 aliphatic carbocycles. The lowest BCUT2D eigenvalue weighted by molar-refractivity contribution is -0.142. The molecule has 0 bridgehead atoms. The van der Waals surface area contributed by atoms with Crippen molar-refractivity contribution in [3.63, 3.8) is 0 Å². The highest BCUT2D eigenvalue weighted by molar-refractivity contribution is 5.82. The van der Waals surface area contributed by atoms with E-state index in [-0.39, 0.29) is 109 Å². The molecule has 6 N–H and O–H groups in total. The van der Waals surface area contributed by atoms with Gasteiger partial charge in [0.1, 0.15) is 49.0 Å². The van der Waals surface area contributed by atoms with E-state index < -0.39 is 0 Å². The molecule has 48 heavy (non-hydrogen) atoms. The van der Waals surface area contributed by atoms with E-state index in [1.165, 1.54) is 0 Å². The first-order valence-electron chi connectivity index (χ1n) is 16.0. The van der Waals surface area contributed by atoms with Gasteiger partial charge in [-0.25, -0.2) is 9.59 Å². The standard InChI is InChI=1S/6C5H9NO2/c2*1-3-5(7)6-4(2)8-3;2*1-3-5(7)8-4(2)6-3;2*1-3-4(2)8-5(7)6-3/h2*3-4H,1-2H3,(H,6,7);2*3-4,6H,1-2H3;2*3-4H,1-2H3,(H,6,7). The first kappa shape index (κ1) is 42.3. The molecule has 6 heterocycles. The summed E-state index contributed by atoms with van der Waals surface area (Å²) in [6.45, 7) is 21.8. The highest BCUT2D eigenvalue weighted by atomic mass is 16.6. The maximum absolute atomic E-state index is 10.5. The summed E-state index contributed by atoms with van der Waals surface area (Å²) in [5.41, 5.74) is 0. The van der Waals surface area contributed by atoms with E-state index in [0.29, 0.717) is 0 Å². The summed E-state index contributed by atoms with van der Waals surface area (Å²) in [6, 6.07) is 0.0972. The molecule has 6 aliphatic heterocycles. The zero-order valence-electron chi connectivity index (χ0n) is 29.8. The third-order valence-corrected chi connectivity index (χ3v) is 7.19. The molecule has 4 amide bonds. The van der Waals surface area contributed by atoms with Crippen LogP contribution in [0, 0.1) is 0 Å². The van der Waals surface area contributed by atoms with Crippen LogP contribution in [0.25, 0.3) is 0 Å². The Kier molecular flexibility index (Phi) is 17.6. The predicted molar refractivity (Wildman–Crippen MR) is 170 cm³/mol. The number of hydrogen-bond donors (Lipinski definition) is 6. The average molecular weight is 691 g/mol. The number of alkyl carbamates (subject to hydrolysis) is 2. The van der Waals surface area contributed by atoms with Gasteiger partial charge in [-0.1, -0.05) is 0 Å². The van der Waals surface area contributed by atoms with Crippen LogP contribution in [0.15, 0.2) is 0 Å². The van der Waals surface area contributed by atoms with E-state index in [0.717, 1.165) is 0 Å². The molecular formula is C30H54N6O12. The molecule has 6 rings (SSSR count). The van der Waals surface area contributed by atoms with Crippen LogP contribution in [0.2, 0.25) is 0 Å². The maximum Gasteiger partial charge on any atom is 0.407 e. The number of hydrogen-bond acceptors (Lipinski definition) is 14. The van der Waals surface area contributed by atoms with E-state index in [2.05, 4.69) is 31.9 Å². The highest BCUT2D eigenvalue weighted by Gasteiger charge is 2.28. The van der Waals surface area contributed by atoms with Gasteiger partial charge >= 0.3 is 24.1 Å². The van der Waals surface area contributed by atoms with Crippen LogP contribution in [0.1, 0.15) is 83.1 Å². The lowest BCUT2D eigenvalue weighted by Gasteiger charge is -2.02. The maximum atomic E-state index is 10.5. The molecule has 0 aromatic rings. The van der Waals surface area contributed by atoms with E-state index in [1.807, 2.05) is 27.7 Å². The van der Waals surface area contributed by atoms with E-state index in [4.69, 9.17) is 28.4 Å². The molecule has 0 aromatic carbocycles. The van der Waals surface area contributed by atoms with Gasteiger partial charge in [0.15, 0.2) is 12.5 Å². The Morgan fingerprint density at radius 2 is 0.729 bits per heavy atom. The molecule has 18 nitrogen and oxygen atoms in total. The Morgan fingerprint density at radius 3 is 0.792 bits per heavy atom. The molecule has 276 valence electrons. The molecule has 18 heteroatoms. The molecule has 12 atom stereocenters. The van der Waals surface area contributed by atoms with Crippen LogP contribution < -0.4 is 31.9 Å². The van der Waals surface area contributed by atoms with Crippen molar-refractivity contribution in [3.05, 3.63) is 0 Å². The highest BCUT2D eigenvalue weighted by Crippen LogP contribution is 2.07. The van der Waals surface area contributed by atoms with Crippen molar-refractivity contribution in [2.75, 3.05) is 0 Å². The summed E-state index contributed by atoms with van der Waals surface area (Å²) in [7, 11) is 0. The fourth-order valence-corrected chi connectivity index (χ4v) is 4.12. The number of carbonyl (C=O) groups is 6. The van der Waals surface area contributed by atoms with Gasteiger partial charge in [0.25, 0.3) is 11.8 Å². The number of ether oxygens (including phenoxy) is 6. The fraction of sp³-hybridized carbons (Fsp3) is 0.800. The van der Waals surface area contributed by atoms with Gasteiger partial charge in [0, 0.05) is 0 Å². The average Bonchev–Trinajstić information content (AvgIpc) is 3.75. The molecule has 0 spiro atoms. The molecule has 12 unspecified atom stereocenters. The molecule has 0 radical (unpaired) electrons. The summed E-state index contributed by atoms with van der Waals surface area (Å²) in [5, 5.41) is 16.2. The molecule has 6 aliphatic rings. The largest absolute Gasteiger partial charge is 0.446 e. The Morgan fingerprint density at radius 1 is 0.417 bits per heavy atom. The molecular weight excluding hydrogens is 636 g/mol. The number of cyclic esters (lactones) is 4. The Bertz CT molecular complexity index is 948. The number of rotatable bonds is 0. The molecule has 0 aromatic heterocycles. The lowest BCUT2D eigenvalue weighted by Crippen LogP contribution is -2.26. The summed E-state index contributed by atoms with van der Waals surface area (Å²) < 4.78 is 28.9. The minimum absolute atomic E-state index is 0.0162. The second-order valence-electron chi connectivity index (χ2n) is 11.9. The number of amides is 4. The van der Waals surface area contributed by atoms with Crippen LogP contribution in [-0.4, -0.2) is 109 Å². The van der Waals surface area contributed by atoms with Gasteiger partial charge in [0.05, 0.1) is 12.1 Å². The Balaban J connectivity index is 0.000000288. The lowest BCUT2D eigenvalue weighted by atomic mass is 10.2. The van der Waals surface area contributed by atoms with Gasteiger partial charge in [-0.15, -0.1) is 0 Å². The first-order chi connectivity index (χ1) is 22.2. The van der Waals surface area contributed by atoms with Crippen molar-refractivity contribution >= 4 is 35.9 Å². The zero-order valence-corrected chi connectivity index (χ0v) is 29.8. The monoisotopic (exact) mass is 690 g/mol.